The summed E-state index contributed by atoms with van der Waals surface area (Å²) in [5.74, 6) is 1.75. The molecule has 1 aromatic carbocycles. The second kappa shape index (κ2) is 6.24. The van der Waals surface area contributed by atoms with Gasteiger partial charge in [0, 0.05) is 36.0 Å². The Morgan fingerprint density at radius 3 is 3.13 bits per heavy atom. The Morgan fingerprint density at radius 1 is 1.30 bits per heavy atom. The van der Waals surface area contributed by atoms with Gasteiger partial charge in [-0.1, -0.05) is 12.1 Å². The van der Waals surface area contributed by atoms with Crippen LogP contribution in [0.1, 0.15) is 42.6 Å². The first-order valence-corrected chi connectivity index (χ1v) is 8.52. The number of benzene rings is 1. The van der Waals surface area contributed by atoms with Crippen LogP contribution in [0.3, 0.4) is 0 Å². The number of nitrogens with one attached hydrogen (secondary N) is 1. The summed E-state index contributed by atoms with van der Waals surface area (Å²) in [5.41, 5.74) is 3.92. The molecule has 1 aliphatic carbocycles. The maximum absolute atomic E-state index is 5.80. The van der Waals surface area contributed by atoms with Gasteiger partial charge in [-0.3, -0.25) is 4.68 Å². The van der Waals surface area contributed by atoms with E-state index in [4.69, 9.17) is 9.47 Å². The van der Waals surface area contributed by atoms with E-state index in [1.54, 1.807) is 0 Å². The van der Waals surface area contributed by atoms with Crippen molar-refractivity contribution < 1.29 is 9.47 Å². The van der Waals surface area contributed by atoms with Gasteiger partial charge in [-0.05, 0) is 32.3 Å². The number of hydrogen-bond donors (Lipinski definition) is 1. The van der Waals surface area contributed by atoms with Gasteiger partial charge in [-0.15, -0.1) is 0 Å². The average molecular weight is 313 g/mol. The van der Waals surface area contributed by atoms with Crippen molar-refractivity contribution in [2.24, 2.45) is 0 Å². The van der Waals surface area contributed by atoms with Gasteiger partial charge >= 0.3 is 0 Å². The van der Waals surface area contributed by atoms with Crippen LogP contribution in [0.2, 0.25) is 0 Å². The second-order valence-corrected chi connectivity index (χ2v) is 6.13. The molecular weight excluding hydrogens is 290 g/mol. The van der Waals surface area contributed by atoms with Crippen molar-refractivity contribution >= 4 is 0 Å². The van der Waals surface area contributed by atoms with Crippen molar-refractivity contribution in [3.05, 3.63) is 41.2 Å². The molecule has 2 aliphatic rings. The highest BCUT2D eigenvalue weighted by atomic mass is 16.6. The minimum Gasteiger partial charge on any atom is -0.486 e. The highest BCUT2D eigenvalue weighted by Crippen LogP contribution is 2.35. The molecule has 1 N–H and O–H groups in total. The van der Waals surface area contributed by atoms with Crippen LogP contribution in [0.25, 0.3) is 0 Å². The van der Waals surface area contributed by atoms with Crippen LogP contribution in [0.4, 0.5) is 0 Å². The molecule has 0 bridgehead atoms. The average Bonchev–Trinajstić information content (AvgIpc) is 3.03. The van der Waals surface area contributed by atoms with Crippen molar-refractivity contribution in [1.82, 2.24) is 15.1 Å². The Balaban J connectivity index is 1.52. The lowest BCUT2D eigenvalue weighted by Crippen LogP contribution is -2.26. The third-order valence-electron chi connectivity index (χ3n) is 4.75. The van der Waals surface area contributed by atoms with Gasteiger partial charge in [-0.2, -0.15) is 5.10 Å². The van der Waals surface area contributed by atoms with Gasteiger partial charge in [0.25, 0.3) is 0 Å². The SMILES string of the molecule is CCn1ncc2c1CCC[C@H]2NCc1cccc2c1OCCO2. The van der Waals surface area contributed by atoms with E-state index < -0.39 is 0 Å². The van der Waals surface area contributed by atoms with Gasteiger partial charge in [0.2, 0.25) is 0 Å². The molecule has 4 rings (SSSR count). The predicted octanol–water partition coefficient (Wildman–Crippen LogP) is 2.84. The normalized spacial score (nSPS) is 19.4. The first kappa shape index (κ1) is 14.6. The van der Waals surface area contributed by atoms with Gasteiger partial charge in [0.1, 0.15) is 13.2 Å². The van der Waals surface area contributed by atoms with E-state index in [2.05, 4.69) is 28.1 Å². The van der Waals surface area contributed by atoms with E-state index >= 15 is 0 Å². The zero-order chi connectivity index (χ0) is 15.6. The lowest BCUT2D eigenvalue weighted by atomic mass is 9.92. The Morgan fingerprint density at radius 2 is 2.22 bits per heavy atom. The van der Waals surface area contributed by atoms with Crippen LogP contribution in [-0.2, 0) is 19.5 Å². The molecule has 0 amide bonds. The third kappa shape index (κ3) is 2.70. The van der Waals surface area contributed by atoms with E-state index in [9.17, 15) is 0 Å². The summed E-state index contributed by atoms with van der Waals surface area (Å²) >= 11 is 0. The molecule has 0 saturated heterocycles. The van der Waals surface area contributed by atoms with Crippen LogP contribution in [0.15, 0.2) is 24.4 Å². The zero-order valence-corrected chi connectivity index (χ0v) is 13.5. The van der Waals surface area contributed by atoms with Crippen LogP contribution in [0, 0.1) is 0 Å². The van der Waals surface area contributed by atoms with Gasteiger partial charge in [-0.25, -0.2) is 0 Å². The number of rotatable bonds is 4. The Bertz CT molecular complexity index is 696. The first-order valence-electron chi connectivity index (χ1n) is 8.52. The number of hydrogen-bond acceptors (Lipinski definition) is 4. The van der Waals surface area contributed by atoms with E-state index in [-0.39, 0.29) is 0 Å². The predicted molar refractivity (Wildman–Crippen MR) is 87.9 cm³/mol. The monoisotopic (exact) mass is 313 g/mol. The van der Waals surface area contributed by atoms with Gasteiger partial charge in [0.05, 0.1) is 6.20 Å². The summed E-state index contributed by atoms with van der Waals surface area (Å²) < 4.78 is 13.6. The molecule has 2 heterocycles. The molecule has 2 aromatic rings. The molecule has 0 radical (unpaired) electrons. The lowest BCUT2D eigenvalue weighted by molar-refractivity contribution is 0.169. The Labute approximate surface area is 136 Å². The number of fused-ring (bicyclic) bond motifs is 2. The first-order chi connectivity index (χ1) is 11.4. The van der Waals surface area contributed by atoms with Crippen molar-refractivity contribution in [2.75, 3.05) is 13.2 Å². The molecular formula is C18H23N3O2. The largest absolute Gasteiger partial charge is 0.486 e. The smallest absolute Gasteiger partial charge is 0.165 e. The number of aryl methyl sites for hydroxylation is 1. The molecule has 5 nitrogen and oxygen atoms in total. The summed E-state index contributed by atoms with van der Waals surface area (Å²) in [5, 5.41) is 8.22. The van der Waals surface area contributed by atoms with E-state index in [1.807, 2.05) is 18.3 Å². The van der Waals surface area contributed by atoms with Crippen LogP contribution in [0.5, 0.6) is 11.5 Å². The summed E-state index contributed by atoms with van der Waals surface area (Å²) in [7, 11) is 0. The molecule has 1 aromatic heterocycles. The molecule has 0 unspecified atom stereocenters. The quantitative estimate of drug-likeness (QED) is 0.943. The van der Waals surface area contributed by atoms with Crippen LogP contribution in [-0.4, -0.2) is 23.0 Å². The number of nitrogens with zero attached hydrogens (tertiary/aromatic N) is 2. The molecule has 0 spiro atoms. The zero-order valence-electron chi connectivity index (χ0n) is 13.5. The standard InChI is InChI=1S/C18H23N3O2/c1-2-21-16-7-4-6-15(14(16)12-20-21)19-11-13-5-3-8-17-18(13)23-10-9-22-17/h3,5,8,12,15,19H,2,4,6-7,9-11H2,1H3/t15-/m1/s1. The highest BCUT2D eigenvalue weighted by Gasteiger charge is 2.24. The minimum absolute atomic E-state index is 0.374. The third-order valence-corrected chi connectivity index (χ3v) is 4.75. The molecule has 1 aliphatic heterocycles. The molecule has 0 fully saturated rings. The van der Waals surface area contributed by atoms with Gasteiger partial charge < -0.3 is 14.8 Å². The summed E-state index contributed by atoms with van der Waals surface area (Å²) in [4.78, 5) is 0. The fourth-order valence-electron chi connectivity index (χ4n) is 3.61. The minimum atomic E-state index is 0.374. The number of ether oxygens (including phenoxy) is 2. The molecule has 122 valence electrons. The Hall–Kier alpha value is -2.01. The highest BCUT2D eigenvalue weighted by molar-refractivity contribution is 5.47. The maximum Gasteiger partial charge on any atom is 0.165 e. The lowest BCUT2D eigenvalue weighted by Gasteiger charge is -2.26. The molecule has 0 saturated carbocycles. The maximum atomic E-state index is 5.80. The topological polar surface area (TPSA) is 48.3 Å². The fourth-order valence-corrected chi connectivity index (χ4v) is 3.61. The van der Waals surface area contributed by atoms with E-state index in [0.29, 0.717) is 19.3 Å². The Kier molecular flexibility index (Phi) is 3.95. The second-order valence-electron chi connectivity index (χ2n) is 6.13. The number of aromatic nitrogens is 2. The molecule has 5 heteroatoms. The van der Waals surface area contributed by atoms with Crippen molar-refractivity contribution in [3.63, 3.8) is 0 Å². The van der Waals surface area contributed by atoms with E-state index in [1.165, 1.54) is 17.7 Å². The van der Waals surface area contributed by atoms with Crippen molar-refractivity contribution in [1.29, 1.82) is 0 Å². The molecule has 23 heavy (non-hydrogen) atoms. The van der Waals surface area contributed by atoms with Crippen LogP contribution >= 0.6 is 0 Å². The van der Waals surface area contributed by atoms with Crippen molar-refractivity contribution in [3.8, 4) is 11.5 Å². The summed E-state index contributed by atoms with van der Waals surface area (Å²) in [6.07, 6.45) is 5.55. The van der Waals surface area contributed by atoms with E-state index in [0.717, 1.165) is 43.0 Å². The molecule has 1 atom stereocenters. The summed E-state index contributed by atoms with van der Waals surface area (Å²) in [6, 6.07) is 6.49. The fraction of sp³-hybridized carbons (Fsp3) is 0.500. The van der Waals surface area contributed by atoms with Gasteiger partial charge in [0.15, 0.2) is 11.5 Å². The number of para-hydroxylation sites is 1. The summed E-state index contributed by atoms with van der Waals surface area (Å²) in [6.45, 7) is 5.14. The van der Waals surface area contributed by atoms with Crippen molar-refractivity contribution in [2.45, 2.75) is 45.3 Å². The van der Waals surface area contributed by atoms with Crippen LogP contribution < -0.4 is 14.8 Å².